The highest BCUT2D eigenvalue weighted by atomic mass is 32.1. The summed E-state index contributed by atoms with van der Waals surface area (Å²) in [5.74, 6) is -1.24. The third kappa shape index (κ3) is 7.79. The maximum absolute atomic E-state index is 13.3. The van der Waals surface area contributed by atoms with Gasteiger partial charge in [0.2, 0.25) is 0 Å². The van der Waals surface area contributed by atoms with Gasteiger partial charge in [-0.15, -0.1) is 11.3 Å². The number of halogens is 1. The summed E-state index contributed by atoms with van der Waals surface area (Å²) < 4.78 is 17.8. The van der Waals surface area contributed by atoms with Crippen molar-refractivity contribution in [3.63, 3.8) is 0 Å². The Hall–Kier alpha value is -3.00. The van der Waals surface area contributed by atoms with Crippen molar-refractivity contribution in [2.75, 3.05) is 13.7 Å². The minimum absolute atomic E-state index is 0.257. The fourth-order valence-electron chi connectivity index (χ4n) is 2.67. The van der Waals surface area contributed by atoms with Crippen LogP contribution in [-0.4, -0.2) is 31.6 Å². The molecule has 0 unspecified atom stereocenters. The third-order valence-corrected chi connectivity index (χ3v) is 5.23. The zero-order valence-corrected chi connectivity index (χ0v) is 17.8. The van der Waals surface area contributed by atoms with E-state index in [4.69, 9.17) is 0 Å². The first kappa shape index (κ1) is 23.3. The Morgan fingerprint density at radius 1 is 1.13 bits per heavy atom. The summed E-state index contributed by atoms with van der Waals surface area (Å²) >= 11 is 1.47. The van der Waals surface area contributed by atoms with Crippen LogP contribution in [0.3, 0.4) is 0 Å². The van der Waals surface area contributed by atoms with E-state index in [9.17, 15) is 18.8 Å². The first-order valence-corrected chi connectivity index (χ1v) is 10.5. The summed E-state index contributed by atoms with van der Waals surface area (Å²) in [5, 5.41) is 6.90. The number of esters is 1. The molecule has 3 amide bonds. The quantitative estimate of drug-likeness (QED) is 0.352. The number of rotatable bonds is 9. The van der Waals surface area contributed by atoms with E-state index in [0.29, 0.717) is 31.4 Å². The smallest absolute Gasteiger partial charge is 0.321 e. The van der Waals surface area contributed by atoms with Crippen molar-refractivity contribution in [3.05, 3.63) is 57.5 Å². The Balaban J connectivity index is 1.94. The predicted molar refractivity (Wildman–Crippen MR) is 115 cm³/mol. The van der Waals surface area contributed by atoms with E-state index >= 15 is 0 Å². The lowest BCUT2D eigenvalue weighted by atomic mass is 10.0. The van der Waals surface area contributed by atoms with Gasteiger partial charge in [-0.05, 0) is 60.5 Å². The van der Waals surface area contributed by atoms with Crippen LogP contribution in [0.2, 0.25) is 0 Å². The van der Waals surface area contributed by atoms with Crippen LogP contribution in [0, 0.1) is 12.7 Å². The fraction of sp³-hybridized carbons (Fsp3) is 0.318. The Labute approximate surface area is 179 Å². The number of methoxy groups -OCH3 is 1. The molecule has 0 aliphatic carbocycles. The maximum atomic E-state index is 13.3. The second kappa shape index (κ2) is 11.9. The van der Waals surface area contributed by atoms with E-state index in [2.05, 4.69) is 15.4 Å². The molecule has 160 valence electrons. The number of carbonyl (C=O) groups is 3. The first-order valence-electron chi connectivity index (χ1n) is 9.58. The average molecular weight is 433 g/mol. The van der Waals surface area contributed by atoms with Crippen molar-refractivity contribution in [2.45, 2.75) is 32.6 Å². The van der Waals surface area contributed by atoms with Crippen LogP contribution < -0.4 is 10.6 Å². The van der Waals surface area contributed by atoms with E-state index in [1.54, 1.807) is 6.08 Å². The molecule has 0 saturated carbocycles. The van der Waals surface area contributed by atoms with Gasteiger partial charge in [-0.2, -0.15) is 0 Å². The summed E-state index contributed by atoms with van der Waals surface area (Å²) in [6, 6.07) is 6.86. The Bertz CT molecular complexity index is 906. The number of imide groups is 1. The molecule has 1 aromatic carbocycles. The summed E-state index contributed by atoms with van der Waals surface area (Å²) in [5.41, 5.74) is 1.84. The maximum Gasteiger partial charge on any atom is 0.321 e. The summed E-state index contributed by atoms with van der Waals surface area (Å²) in [7, 11) is 1.35. The van der Waals surface area contributed by atoms with Gasteiger partial charge in [-0.25, -0.2) is 9.18 Å². The van der Waals surface area contributed by atoms with E-state index in [1.165, 1.54) is 42.7 Å². The van der Waals surface area contributed by atoms with Crippen molar-refractivity contribution in [3.8, 4) is 0 Å². The summed E-state index contributed by atoms with van der Waals surface area (Å²) in [6.07, 6.45) is 4.12. The molecule has 0 aliphatic heterocycles. The number of unbranched alkanes of at least 4 members (excludes halogenated alkanes) is 2. The number of ether oxygens (including phenoxy) is 1. The third-order valence-electron chi connectivity index (χ3n) is 4.24. The molecule has 30 heavy (non-hydrogen) atoms. The lowest BCUT2D eigenvalue weighted by molar-refractivity contribution is -0.140. The van der Waals surface area contributed by atoms with Gasteiger partial charge in [0.15, 0.2) is 0 Å². The number of carbonyl (C=O) groups excluding carboxylic acids is 3. The molecule has 0 spiro atoms. The van der Waals surface area contributed by atoms with Gasteiger partial charge in [0, 0.05) is 23.4 Å². The van der Waals surface area contributed by atoms with Gasteiger partial charge in [-0.1, -0.05) is 18.6 Å². The van der Waals surface area contributed by atoms with Crippen molar-refractivity contribution in [2.24, 2.45) is 0 Å². The van der Waals surface area contributed by atoms with Crippen LogP contribution in [0.1, 0.15) is 41.7 Å². The minimum atomic E-state index is -0.608. The largest absolute Gasteiger partial charge is 0.469 e. The Morgan fingerprint density at radius 2 is 1.87 bits per heavy atom. The lowest BCUT2D eigenvalue weighted by Crippen LogP contribution is -2.40. The zero-order chi connectivity index (χ0) is 21.9. The summed E-state index contributed by atoms with van der Waals surface area (Å²) in [6.45, 7) is 2.32. The highest BCUT2D eigenvalue weighted by Crippen LogP contribution is 2.23. The van der Waals surface area contributed by atoms with Crippen molar-refractivity contribution in [1.29, 1.82) is 0 Å². The van der Waals surface area contributed by atoms with Gasteiger partial charge in [0.1, 0.15) is 5.82 Å². The van der Waals surface area contributed by atoms with E-state index < -0.39 is 17.8 Å². The average Bonchev–Trinajstić information content (AvgIpc) is 3.14. The van der Waals surface area contributed by atoms with Crippen LogP contribution >= 0.6 is 11.3 Å². The molecule has 2 N–H and O–H groups in total. The molecule has 0 radical (unpaired) electrons. The number of hydrogen-bond donors (Lipinski definition) is 2. The summed E-state index contributed by atoms with van der Waals surface area (Å²) in [4.78, 5) is 36.7. The first-order chi connectivity index (χ1) is 14.4. The number of urea groups is 1. The molecule has 6 nitrogen and oxygen atoms in total. The van der Waals surface area contributed by atoms with E-state index in [-0.39, 0.29) is 11.5 Å². The highest BCUT2D eigenvalue weighted by Gasteiger charge is 2.16. The minimum Gasteiger partial charge on any atom is -0.469 e. The molecule has 8 heteroatoms. The van der Waals surface area contributed by atoms with Gasteiger partial charge >= 0.3 is 12.0 Å². The van der Waals surface area contributed by atoms with Crippen LogP contribution in [0.15, 0.2) is 35.7 Å². The molecule has 2 aromatic rings. The zero-order valence-electron chi connectivity index (χ0n) is 17.0. The molecule has 0 aliphatic rings. The normalized spacial score (nSPS) is 11.1. The SMILES string of the molecule is COC(=O)CCCCCNC(=O)NC(=O)C(=Cc1cc(C)cs1)c1ccc(F)cc1. The molecule has 1 heterocycles. The molecule has 1 aromatic heterocycles. The topological polar surface area (TPSA) is 84.5 Å². The number of aryl methyl sites for hydroxylation is 1. The van der Waals surface area contributed by atoms with Gasteiger partial charge in [0.05, 0.1) is 7.11 Å². The van der Waals surface area contributed by atoms with Gasteiger partial charge in [0.25, 0.3) is 5.91 Å². The van der Waals surface area contributed by atoms with Gasteiger partial charge in [-0.3, -0.25) is 14.9 Å². The van der Waals surface area contributed by atoms with Crippen LogP contribution in [0.5, 0.6) is 0 Å². The highest BCUT2D eigenvalue weighted by molar-refractivity contribution is 7.11. The monoisotopic (exact) mass is 432 g/mol. The number of nitrogens with one attached hydrogen (secondary N) is 2. The molecular formula is C22H25FN2O4S. The fourth-order valence-corrected chi connectivity index (χ4v) is 3.50. The Kier molecular flexibility index (Phi) is 9.21. The molecule has 0 fully saturated rings. The molecule has 0 bridgehead atoms. The second-order valence-electron chi connectivity index (χ2n) is 6.69. The number of benzene rings is 1. The van der Waals surface area contributed by atoms with Gasteiger partial charge < -0.3 is 10.1 Å². The van der Waals surface area contributed by atoms with Crippen molar-refractivity contribution >= 4 is 40.9 Å². The van der Waals surface area contributed by atoms with Crippen LogP contribution in [0.4, 0.5) is 9.18 Å². The Morgan fingerprint density at radius 3 is 2.50 bits per heavy atom. The number of amides is 3. The van der Waals surface area contributed by atoms with E-state index in [0.717, 1.165) is 16.9 Å². The van der Waals surface area contributed by atoms with E-state index in [1.807, 2.05) is 18.4 Å². The van der Waals surface area contributed by atoms with Crippen LogP contribution in [0.25, 0.3) is 11.6 Å². The van der Waals surface area contributed by atoms with Crippen LogP contribution in [-0.2, 0) is 14.3 Å². The van der Waals surface area contributed by atoms with Crippen molar-refractivity contribution < 1.29 is 23.5 Å². The predicted octanol–water partition coefficient (Wildman–Crippen LogP) is 4.30. The van der Waals surface area contributed by atoms with Crippen molar-refractivity contribution in [1.82, 2.24) is 10.6 Å². The number of thiophene rings is 1. The second-order valence-corrected chi connectivity index (χ2v) is 7.63. The molecular weight excluding hydrogens is 407 g/mol. The molecule has 0 atom stereocenters. The number of hydrogen-bond acceptors (Lipinski definition) is 5. The standard InChI is InChI=1S/C22H25FN2O4S/c1-15-12-18(30-14-15)13-19(16-7-9-17(23)10-8-16)21(27)25-22(28)24-11-5-3-4-6-20(26)29-2/h7-10,12-14H,3-6,11H2,1-2H3,(H2,24,25,27,28). The molecule has 2 rings (SSSR count). The molecule has 0 saturated heterocycles. The lowest BCUT2D eigenvalue weighted by Gasteiger charge is -2.10.